The van der Waals surface area contributed by atoms with Crippen molar-refractivity contribution in [1.82, 2.24) is 0 Å². The highest BCUT2D eigenvalue weighted by molar-refractivity contribution is 5.91. The van der Waals surface area contributed by atoms with Crippen LogP contribution in [0.25, 0.3) is 10.8 Å². The Kier molecular flexibility index (Phi) is 2.96. The SMILES string of the molecule is Cc1ccc(Oc2ccc(C)c3ccccc23)cc1. The maximum absolute atomic E-state index is 6.00. The summed E-state index contributed by atoms with van der Waals surface area (Å²) >= 11 is 0. The van der Waals surface area contributed by atoms with Crippen molar-refractivity contribution in [1.29, 1.82) is 0 Å². The van der Waals surface area contributed by atoms with Gasteiger partial charge in [-0.15, -0.1) is 0 Å². The molecule has 0 aliphatic heterocycles. The number of hydrogen-bond acceptors (Lipinski definition) is 1. The van der Waals surface area contributed by atoms with Crippen LogP contribution in [0.15, 0.2) is 60.7 Å². The zero-order valence-corrected chi connectivity index (χ0v) is 11.2. The summed E-state index contributed by atoms with van der Waals surface area (Å²) in [6, 6.07) is 20.6. The molecule has 0 atom stereocenters. The molecule has 94 valence electrons. The van der Waals surface area contributed by atoms with E-state index in [0.717, 1.165) is 16.9 Å². The van der Waals surface area contributed by atoms with Gasteiger partial charge < -0.3 is 4.74 Å². The third kappa shape index (κ3) is 2.32. The van der Waals surface area contributed by atoms with Crippen molar-refractivity contribution < 1.29 is 4.74 Å². The van der Waals surface area contributed by atoms with E-state index in [4.69, 9.17) is 4.74 Å². The van der Waals surface area contributed by atoms with E-state index in [0.29, 0.717) is 0 Å². The molecule has 0 radical (unpaired) electrons. The van der Waals surface area contributed by atoms with Gasteiger partial charge in [0.2, 0.25) is 0 Å². The molecule has 1 nitrogen and oxygen atoms in total. The van der Waals surface area contributed by atoms with Crippen LogP contribution < -0.4 is 4.74 Å². The van der Waals surface area contributed by atoms with Crippen molar-refractivity contribution in [3.63, 3.8) is 0 Å². The van der Waals surface area contributed by atoms with Crippen LogP contribution in [0.5, 0.6) is 11.5 Å². The summed E-state index contributed by atoms with van der Waals surface area (Å²) in [5.74, 6) is 1.78. The zero-order chi connectivity index (χ0) is 13.2. The summed E-state index contributed by atoms with van der Waals surface area (Å²) in [5, 5.41) is 2.40. The Morgan fingerprint density at radius 2 is 1.37 bits per heavy atom. The van der Waals surface area contributed by atoms with E-state index in [9.17, 15) is 0 Å². The third-order valence-electron chi connectivity index (χ3n) is 3.35. The molecular weight excluding hydrogens is 232 g/mol. The summed E-state index contributed by atoms with van der Waals surface area (Å²) in [4.78, 5) is 0. The van der Waals surface area contributed by atoms with Gasteiger partial charge in [0.15, 0.2) is 0 Å². The van der Waals surface area contributed by atoms with Crippen LogP contribution in [-0.4, -0.2) is 0 Å². The lowest BCUT2D eigenvalue weighted by Gasteiger charge is -2.10. The molecule has 0 heterocycles. The third-order valence-corrected chi connectivity index (χ3v) is 3.35. The van der Waals surface area contributed by atoms with Crippen LogP contribution in [0.4, 0.5) is 0 Å². The summed E-state index contributed by atoms with van der Waals surface area (Å²) < 4.78 is 6.00. The molecule has 1 heteroatoms. The lowest BCUT2D eigenvalue weighted by Crippen LogP contribution is -1.87. The minimum atomic E-state index is 0.875. The highest BCUT2D eigenvalue weighted by Crippen LogP contribution is 2.31. The molecule has 0 unspecified atom stereocenters. The molecule has 3 rings (SSSR count). The van der Waals surface area contributed by atoms with E-state index in [2.05, 4.69) is 50.2 Å². The average molecular weight is 248 g/mol. The average Bonchev–Trinajstić information content (AvgIpc) is 2.45. The molecular formula is C18H16O. The minimum absolute atomic E-state index is 0.875. The first kappa shape index (κ1) is 11.8. The fourth-order valence-electron chi connectivity index (χ4n) is 2.24. The van der Waals surface area contributed by atoms with Crippen LogP contribution in [-0.2, 0) is 0 Å². The van der Waals surface area contributed by atoms with E-state index in [1.54, 1.807) is 0 Å². The summed E-state index contributed by atoms with van der Waals surface area (Å²) in [7, 11) is 0. The van der Waals surface area contributed by atoms with E-state index in [1.165, 1.54) is 16.5 Å². The van der Waals surface area contributed by atoms with Gasteiger partial charge in [0, 0.05) is 5.39 Å². The monoisotopic (exact) mass is 248 g/mol. The van der Waals surface area contributed by atoms with Gasteiger partial charge in [0.1, 0.15) is 11.5 Å². The molecule has 0 saturated carbocycles. The van der Waals surface area contributed by atoms with Crippen molar-refractivity contribution >= 4 is 10.8 Å². The van der Waals surface area contributed by atoms with Crippen LogP contribution >= 0.6 is 0 Å². The van der Waals surface area contributed by atoms with Crippen molar-refractivity contribution in [2.45, 2.75) is 13.8 Å². The Bertz CT molecular complexity index is 711. The maximum atomic E-state index is 6.00. The predicted molar refractivity (Wildman–Crippen MR) is 79.9 cm³/mol. The van der Waals surface area contributed by atoms with Crippen molar-refractivity contribution in [2.24, 2.45) is 0 Å². The van der Waals surface area contributed by atoms with Crippen LogP contribution in [0.3, 0.4) is 0 Å². The standard InChI is InChI=1S/C18H16O/c1-13-7-10-15(11-8-13)19-18-12-9-14(2)16-5-3-4-6-17(16)18/h3-12H,1-2H3. The number of rotatable bonds is 2. The predicted octanol–water partition coefficient (Wildman–Crippen LogP) is 5.25. The second kappa shape index (κ2) is 4.77. The smallest absolute Gasteiger partial charge is 0.135 e. The lowest BCUT2D eigenvalue weighted by atomic mass is 10.0. The molecule has 0 amide bonds. The van der Waals surface area contributed by atoms with E-state index >= 15 is 0 Å². The molecule has 0 bridgehead atoms. The number of hydrogen-bond donors (Lipinski definition) is 0. The Balaban J connectivity index is 2.06. The second-order valence-electron chi connectivity index (χ2n) is 4.84. The Morgan fingerprint density at radius 1 is 0.684 bits per heavy atom. The Labute approximate surface area is 113 Å². The number of fused-ring (bicyclic) bond motifs is 1. The molecule has 0 saturated heterocycles. The van der Waals surface area contributed by atoms with Crippen LogP contribution in [0, 0.1) is 13.8 Å². The molecule has 0 aliphatic carbocycles. The van der Waals surface area contributed by atoms with Gasteiger partial charge in [-0.25, -0.2) is 0 Å². The highest BCUT2D eigenvalue weighted by Gasteiger charge is 2.05. The topological polar surface area (TPSA) is 9.23 Å². The normalized spacial score (nSPS) is 10.6. The number of benzene rings is 3. The largest absolute Gasteiger partial charge is 0.457 e. The first-order chi connectivity index (χ1) is 9.24. The van der Waals surface area contributed by atoms with Crippen LogP contribution in [0.2, 0.25) is 0 Å². The molecule has 0 N–H and O–H groups in total. The fourth-order valence-corrected chi connectivity index (χ4v) is 2.24. The van der Waals surface area contributed by atoms with Gasteiger partial charge in [0.05, 0.1) is 0 Å². The second-order valence-corrected chi connectivity index (χ2v) is 4.84. The summed E-state index contributed by atoms with van der Waals surface area (Å²) in [6.07, 6.45) is 0. The molecule has 0 spiro atoms. The quantitative estimate of drug-likeness (QED) is 0.602. The maximum Gasteiger partial charge on any atom is 0.135 e. The minimum Gasteiger partial charge on any atom is -0.457 e. The van der Waals surface area contributed by atoms with Gasteiger partial charge in [-0.3, -0.25) is 0 Å². The highest BCUT2D eigenvalue weighted by atomic mass is 16.5. The molecule has 0 aliphatic rings. The molecule has 0 fully saturated rings. The molecule has 3 aromatic rings. The fraction of sp³-hybridized carbons (Fsp3) is 0.111. The Hall–Kier alpha value is -2.28. The van der Waals surface area contributed by atoms with Crippen molar-refractivity contribution in [2.75, 3.05) is 0 Å². The summed E-state index contributed by atoms with van der Waals surface area (Å²) in [6.45, 7) is 4.20. The van der Waals surface area contributed by atoms with Gasteiger partial charge in [0.25, 0.3) is 0 Å². The van der Waals surface area contributed by atoms with E-state index in [1.807, 2.05) is 24.3 Å². The van der Waals surface area contributed by atoms with Gasteiger partial charge in [-0.2, -0.15) is 0 Å². The van der Waals surface area contributed by atoms with Gasteiger partial charge in [-0.05, 0) is 43.0 Å². The van der Waals surface area contributed by atoms with Crippen LogP contribution in [0.1, 0.15) is 11.1 Å². The van der Waals surface area contributed by atoms with Gasteiger partial charge in [-0.1, -0.05) is 48.0 Å². The zero-order valence-electron chi connectivity index (χ0n) is 11.2. The van der Waals surface area contributed by atoms with Gasteiger partial charge >= 0.3 is 0 Å². The lowest BCUT2D eigenvalue weighted by molar-refractivity contribution is 0.488. The molecule has 0 aromatic heterocycles. The number of aryl methyl sites for hydroxylation is 2. The van der Waals surface area contributed by atoms with Crippen molar-refractivity contribution in [3.05, 3.63) is 71.8 Å². The number of ether oxygens (including phenoxy) is 1. The van der Waals surface area contributed by atoms with Crippen molar-refractivity contribution in [3.8, 4) is 11.5 Å². The van der Waals surface area contributed by atoms with E-state index < -0.39 is 0 Å². The molecule has 3 aromatic carbocycles. The summed E-state index contributed by atoms with van der Waals surface area (Å²) in [5.41, 5.74) is 2.51. The first-order valence-corrected chi connectivity index (χ1v) is 6.47. The Morgan fingerprint density at radius 3 is 2.11 bits per heavy atom. The molecule has 19 heavy (non-hydrogen) atoms. The van der Waals surface area contributed by atoms with E-state index in [-0.39, 0.29) is 0 Å². The first-order valence-electron chi connectivity index (χ1n) is 6.47.